The molecule has 0 bridgehead atoms. The maximum absolute atomic E-state index is 10.5. The van der Waals surface area contributed by atoms with Crippen molar-refractivity contribution in [3.63, 3.8) is 0 Å². The lowest BCUT2D eigenvalue weighted by Crippen LogP contribution is -2.01. The molecule has 0 aliphatic carbocycles. The Bertz CT molecular complexity index is 161. The van der Waals surface area contributed by atoms with Crippen molar-refractivity contribution in [2.75, 3.05) is 13.2 Å². The highest BCUT2D eigenvalue weighted by Crippen LogP contribution is 1.99. The number of hydrogen-bond donors (Lipinski definition) is 1. The van der Waals surface area contributed by atoms with Crippen LogP contribution in [0.1, 0.15) is 26.7 Å². The first-order valence-corrected chi connectivity index (χ1v) is 4.22. The number of aliphatic carboxylic acids is 1. The number of carbonyl (C=O) groups is 1. The van der Waals surface area contributed by atoms with Crippen molar-refractivity contribution in [1.29, 1.82) is 0 Å². The van der Waals surface area contributed by atoms with E-state index in [2.05, 4.69) is 0 Å². The maximum Gasteiger partial charge on any atom is 0.331 e. The highest BCUT2D eigenvalue weighted by atomic mass is 16.5. The Morgan fingerprint density at radius 1 is 1.50 bits per heavy atom. The Morgan fingerprint density at radius 3 is 2.58 bits per heavy atom. The standard InChI is InChI=1S/C9H16O3/c1-3-6-12-7-5-8(4-2)9(10)11/h5H,3-4,6-7H2,1-2H3,(H,10,11). The summed E-state index contributed by atoms with van der Waals surface area (Å²) >= 11 is 0. The van der Waals surface area contributed by atoms with Crippen molar-refractivity contribution in [3.8, 4) is 0 Å². The predicted octanol–water partition coefficient (Wildman–Crippen LogP) is 1.83. The van der Waals surface area contributed by atoms with Crippen LogP contribution in [0.3, 0.4) is 0 Å². The van der Waals surface area contributed by atoms with Gasteiger partial charge in [-0.15, -0.1) is 0 Å². The monoisotopic (exact) mass is 172 g/mol. The predicted molar refractivity (Wildman–Crippen MR) is 47.1 cm³/mol. The summed E-state index contributed by atoms with van der Waals surface area (Å²) in [4.78, 5) is 10.5. The third kappa shape index (κ3) is 4.91. The molecule has 1 N–H and O–H groups in total. The summed E-state index contributed by atoms with van der Waals surface area (Å²) in [5, 5.41) is 8.61. The van der Waals surface area contributed by atoms with Crippen LogP contribution < -0.4 is 0 Å². The molecule has 0 unspecified atom stereocenters. The van der Waals surface area contributed by atoms with Gasteiger partial charge in [0.05, 0.1) is 6.61 Å². The van der Waals surface area contributed by atoms with Crippen LogP contribution in [0.15, 0.2) is 11.6 Å². The molecule has 0 aromatic rings. The molecule has 0 saturated heterocycles. The molecule has 12 heavy (non-hydrogen) atoms. The molecule has 0 amide bonds. The van der Waals surface area contributed by atoms with Gasteiger partial charge in [0.25, 0.3) is 0 Å². The maximum atomic E-state index is 10.5. The average molecular weight is 172 g/mol. The third-order valence-corrected chi connectivity index (χ3v) is 1.45. The Kier molecular flexibility index (Phi) is 6.38. The van der Waals surface area contributed by atoms with Gasteiger partial charge in [-0.1, -0.05) is 13.8 Å². The number of carboxylic acids is 1. The number of hydrogen-bond acceptors (Lipinski definition) is 2. The molecule has 0 fully saturated rings. The molecule has 3 heteroatoms. The molecule has 0 saturated carbocycles. The minimum absolute atomic E-state index is 0.406. The zero-order valence-corrected chi connectivity index (χ0v) is 7.67. The van der Waals surface area contributed by atoms with Gasteiger partial charge in [0.1, 0.15) is 0 Å². The molecular formula is C9H16O3. The highest BCUT2D eigenvalue weighted by Gasteiger charge is 2.02. The Balaban J connectivity index is 3.71. The van der Waals surface area contributed by atoms with Gasteiger partial charge in [-0.3, -0.25) is 0 Å². The normalized spacial score (nSPS) is 11.7. The van der Waals surface area contributed by atoms with Crippen LogP contribution in [-0.2, 0) is 9.53 Å². The summed E-state index contributed by atoms with van der Waals surface area (Å²) in [7, 11) is 0. The average Bonchev–Trinajstić information content (AvgIpc) is 2.04. The van der Waals surface area contributed by atoms with Crippen LogP contribution >= 0.6 is 0 Å². The fraction of sp³-hybridized carbons (Fsp3) is 0.667. The lowest BCUT2D eigenvalue weighted by atomic mass is 10.2. The molecule has 0 aliphatic heterocycles. The van der Waals surface area contributed by atoms with E-state index in [9.17, 15) is 4.79 Å². The van der Waals surface area contributed by atoms with Gasteiger partial charge in [-0.25, -0.2) is 4.79 Å². The summed E-state index contributed by atoms with van der Waals surface area (Å²) in [6.07, 6.45) is 3.13. The van der Waals surface area contributed by atoms with Crippen molar-refractivity contribution >= 4 is 5.97 Å². The molecule has 0 aromatic carbocycles. The second-order valence-corrected chi connectivity index (χ2v) is 2.46. The van der Waals surface area contributed by atoms with Gasteiger partial charge in [-0.05, 0) is 18.9 Å². The highest BCUT2D eigenvalue weighted by molar-refractivity contribution is 5.86. The van der Waals surface area contributed by atoms with E-state index in [0.29, 0.717) is 25.2 Å². The molecule has 0 heterocycles. The van der Waals surface area contributed by atoms with Crippen LogP contribution in [-0.4, -0.2) is 24.3 Å². The molecule has 3 nitrogen and oxygen atoms in total. The summed E-state index contributed by atoms with van der Waals surface area (Å²) in [6, 6.07) is 0. The van der Waals surface area contributed by atoms with Gasteiger partial charge >= 0.3 is 5.97 Å². The van der Waals surface area contributed by atoms with Crippen molar-refractivity contribution in [2.24, 2.45) is 0 Å². The lowest BCUT2D eigenvalue weighted by molar-refractivity contribution is -0.132. The van der Waals surface area contributed by atoms with E-state index in [1.807, 2.05) is 13.8 Å². The SMILES string of the molecule is CCCOCC=C(CC)C(=O)O. The van der Waals surface area contributed by atoms with Crippen molar-refractivity contribution < 1.29 is 14.6 Å². The van der Waals surface area contributed by atoms with Gasteiger partial charge in [0.2, 0.25) is 0 Å². The second-order valence-electron chi connectivity index (χ2n) is 2.46. The minimum atomic E-state index is -0.849. The van der Waals surface area contributed by atoms with Gasteiger partial charge < -0.3 is 9.84 Å². The van der Waals surface area contributed by atoms with Crippen molar-refractivity contribution in [3.05, 3.63) is 11.6 Å². The van der Waals surface area contributed by atoms with E-state index in [1.165, 1.54) is 0 Å². The van der Waals surface area contributed by atoms with Gasteiger partial charge in [0.15, 0.2) is 0 Å². The van der Waals surface area contributed by atoms with Crippen LogP contribution in [0.2, 0.25) is 0 Å². The lowest BCUT2D eigenvalue weighted by Gasteiger charge is -1.99. The van der Waals surface area contributed by atoms with Gasteiger partial charge in [-0.2, -0.15) is 0 Å². The van der Waals surface area contributed by atoms with Gasteiger partial charge in [0, 0.05) is 12.2 Å². The number of carboxylic acid groups (broad SMARTS) is 1. The molecule has 0 spiro atoms. The quantitative estimate of drug-likeness (QED) is 0.491. The van der Waals surface area contributed by atoms with Crippen LogP contribution in [0, 0.1) is 0 Å². The van der Waals surface area contributed by atoms with Crippen LogP contribution in [0.25, 0.3) is 0 Å². The number of rotatable bonds is 6. The summed E-state index contributed by atoms with van der Waals surface area (Å²) in [5.74, 6) is -0.849. The molecular weight excluding hydrogens is 156 g/mol. The molecule has 0 aliphatic rings. The first-order valence-electron chi connectivity index (χ1n) is 4.22. The largest absolute Gasteiger partial charge is 0.478 e. The van der Waals surface area contributed by atoms with E-state index >= 15 is 0 Å². The van der Waals surface area contributed by atoms with E-state index in [4.69, 9.17) is 9.84 Å². The zero-order chi connectivity index (χ0) is 9.40. The summed E-state index contributed by atoms with van der Waals surface area (Å²) < 4.78 is 5.13. The first kappa shape index (κ1) is 11.2. The smallest absolute Gasteiger partial charge is 0.331 e. The minimum Gasteiger partial charge on any atom is -0.478 e. The fourth-order valence-electron chi connectivity index (χ4n) is 0.770. The van der Waals surface area contributed by atoms with Crippen molar-refractivity contribution in [2.45, 2.75) is 26.7 Å². The third-order valence-electron chi connectivity index (χ3n) is 1.45. The molecule has 0 radical (unpaired) electrons. The topological polar surface area (TPSA) is 46.5 Å². The summed E-state index contributed by atoms with van der Waals surface area (Å²) in [6.45, 7) is 4.93. The van der Waals surface area contributed by atoms with Crippen LogP contribution in [0.4, 0.5) is 0 Å². The molecule has 0 rings (SSSR count). The van der Waals surface area contributed by atoms with E-state index in [-0.39, 0.29) is 0 Å². The first-order chi connectivity index (χ1) is 5.72. The van der Waals surface area contributed by atoms with Crippen molar-refractivity contribution in [1.82, 2.24) is 0 Å². The van der Waals surface area contributed by atoms with E-state index in [1.54, 1.807) is 6.08 Å². The zero-order valence-electron chi connectivity index (χ0n) is 7.67. The van der Waals surface area contributed by atoms with Crippen LogP contribution in [0.5, 0.6) is 0 Å². The second kappa shape index (κ2) is 6.85. The Hall–Kier alpha value is -0.830. The molecule has 70 valence electrons. The fourth-order valence-corrected chi connectivity index (χ4v) is 0.770. The van der Waals surface area contributed by atoms with E-state index in [0.717, 1.165) is 6.42 Å². The van der Waals surface area contributed by atoms with E-state index < -0.39 is 5.97 Å². The Morgan fingerprint density at radius 2 is 2.17 bits per heavy atom. The molecule has 0 aromatic heterocycles. The molecule has 0 atom stereocenters. The Labute approximate surface area is 73.0 Å². The number of ether oxygens (including phenoxy) is 1. The summed E-state index contributed by atoms with van der Waals surface area (Å²) in [5.41, 5.74) is 0.422.